The summed E-state index contributed by atoms with van der Waals surface area (Å²) in [7, 11) is 0. The average Bonchev–Trinajstić information content (AvgIpc) is 2.37. The van der Waals surface area contributed by atoms with Crippen molar-refractivity contribution in [2.24, 2.45) is 0 Å². The highest BCUT2D eigenvalue weighted by Gasteiger charge is 2.17. The molecule has 0 radical (unpaired) electrons. The minimum atomic E-state index is -0.868. The second-order valence-electron chi connectivity index (χ2n) is 3.81. The van der Waals surface area contributed by atoms with E-state index in [9.17, 15) is 23.7 Å². The van der Waals surface area contributed by atoms with Crippen LogP contribution in [0.1, 0.15) is 10.4 Å². The van der Waals surface area contributed by atoms with Crippen LogP contribution in [0.15, 0.2) is 36.4 Å². The van der Waals surface area contributed by atoms with E-state index in [0.717, 1.165) is 18.2 Å². The SMILES string of the molecule is O=Cc1ccc(Oc2cc(F)cc(F)c2)c([N+](=O)[O-])c1. The molecule has 0 amide bonds. The largest absolute Gasteiger partial charge is 0.450 e. The Morgan fingerprint density at radius 2 is 1.75 bits per heavy atom. The van der Waals surface area contributed by atoms with Crippen molar-refractivity contribution in [1.29, 1.82) is 0 Å². The van der Waals surface area contributed by atoms with Crippen LogP contribution in [0, 0.1) is 21.7 Å². The highest BCUT2D eigenvalue weighted by molar-refractivity contribution is 5.77. The summed E-state index contributed by atoms with van der Waals surface area (Å²) in [5.74, 6) is -2.17. The molecule has 0 heterocycles. The molecule has 5 nitrogen and oxygen atoms in total. The summed E-state index contributed by atoms with van der Waals surface area (Å²) in [5, 5.41) is 10.9. The number of halogens is 2. The van der Waals surface area contributed by atoms with Gasteiger partial charge in [-0.25, -0.2) is 8.78 Å². The van der Waals surface area contributed by atoms with Crippen LogP contribution in [-0.4, -0.2) is 11.2 Å². The van der Waals surface area contributed by atoms with Gasteiger partial charge in [-0.05, 0) is 12.1 Å². The van der Waals surface area contributed by atoms with E-state index >= 15 is 0 Å². The maximum atomic E-state index is 13.0. The van der Waals surface area contributed by atoms with Crippen molar-refractivity contribution in [3.05, 3.63) is 63.7 Å². The minimum Gasteiger partial charge on any atom is -0.450 e. The summed E-state index contributed by atoms with van der Waals surface area (Å²) in [6.45, 7) is 0. The number of nitro benzene ring substituents is 1. The van der Waals surface area contributed by atoms with Crippen molar-refractivity contribution in [3.63, 3.8) is 0 Å². The predicted molar refractivity (Wildman–Crippen MR) is 64.9 cm³/mol. The fraction of sp³-hybridized carbons (Fsp3) is 0. The van der Waals surface area contributed by atoms with Crippen LogP contribution in [0.5, 0.6) is 11.5 Å². The lowest BCUT2D eigenvalue weighted by molar-refractivity contribution is -0.385. The Bertz CT molecular complexity index is 668. The number of benzene rings is 2. The van der Waals surface area contributed by atoms with E-state index in [4.69, 9.17) is 4.74 Å². The third-order valence-corrected chi connectivity index (χ3v) is 2.38. The van der Waals surface area contributed by atoms with E-state index in [2.05, 4.69) is 0 Å². The fourth-order valence-corrected chi connectivity index (χ4v) is 1.55. The zero-order valence-electron chi connectivity index (χ0n) is 9.88. The minimum absolute atomic E-state index is 0.0921. The van der Waals surface area contributed by atoms with E-state index in [1.165, 1.54) is 12.1 Å². The molecule has 102 valence electrons. The Labute approximate surface area is 111 Å². The van der Waals surface area contributed by atoms with Crippen LogP contribution >= 0.6 is 0 Å². The number of hydrogen-bond acceptors (Lipinski definition) is 4. The van der Waals surface area contributed by atoms with Crippen molar-refractivity contribution in [2.75, 3.05) is 0 Å². The smallest absolute Gasteiger partial charge is 0.312 e. The number of hydrogen-bond donors (Lipinski definition) is 0. The molecule has 0 aliphatic rings. The number of nitro groups is 1. The summed E-state index contributed by atoms with van der Waals surface area (Å²) in [6.07, 6.45) is 0.443. The molecule has 0 aromatic heterocycles. The number of aldehydes is 1. The Balaban J connectivity index is 2.42. The average molecular weight is 279 g/mol. The Hall–Kier alpha value is -2.83. The highest BCUT2D eigenvalue weighted by atomic mass is 19.1. The van der Waals surface area contributed by atoms with Crippen LogP contribution in [0.25, 0.3) is 0 Å². The molecule has 0 spiro atoms. The summed E-state index contributed by atoms with van der Waals surface area (Å²) in [4.78, 5) is 20.7. The van der Waals surface area contributed by atoms with Crippen LogP contribution in [0.3, 0.4) is 0 Å². The van der Waals surface area contributed by atoms with Crippen molar-refractivity contribution in [3.8, 4) is 11.5 Å². The van der Waals surface area contributed by atoms with Gasteiger partial charge in [-0.15, -0.1) is 0 Å². The number of carbonyl (C=O) groups is 1. The van der Waals surface area contributed by atoms with E-state index in [1.807, 2.05) is 0 Å². The molecule has 0 aliphatic carbocycles. The molecule has 0 N–H and O–H groups in total. The van der Waals surface area contributed by atoms with Crippen molar-refractivity contribution in [2.45, 2.75) is 0 Å². The van der Waals surface area contributed by atoms with Gasteiger partial charge in [-0.1, -0.05) is 0 Å². The first-order valence-electron chi connectivity index (χ1n) is 5.37. The van der Waals surface area contributed by atoms with Gasteiger partial charge in [0.25, 0.3) is 0 Å². The molecule has 20 heavy (non-hydrogen) atoms. The Morgan fingerprint density at radius 3 is 2.30 bits per heavy atom. The van der Waals surface area contributed by atoms with Crippen LogP contribution in [-0.2, 0) is 0 Å². The van der Waals surface area contributed by atoms with Gasteiger partial charge in [0, 0.05) is 29.8 Å². The van der Waals surface area contributed by atoms with E-state index in [-0.39, 0.29) is 17.1 Å². The molecule has 7 heteroatoms. The summed E-state index contributed by atoms with van der Waals surface area (Å²) >= 11 is 0. The summed E-state index contributed by atoms with van der Waals surface area (Å²) < 4.78 is 31.1. The van der Waals surface area contributed by atoms with Crippen molar-refractivity contribution < 1.29 is 23.2 Å². The molecule has 0 unspecified atom stereocenters. The topological polar surface area (TPSA) is 69.4 Å². The van der Waals surface area contributed by atoms with E-state index in [1.54, 1.807) is 0 Å². The van der Waals surface area contributed by atoms with Gasteiger partial charge < -0.3 is 4.74 Å². The number of ether oxygens (including phenoxy) is 1. The van der Waals surface area contributed by atoms with Crippen LogP contribution in [0.4, 0.5) is 14.5 Å². The molecular formula is C13H7F2NO4. The number of carbonyl (C=O) groups excluding carboxylic acids is 1. The van der Waals surface area contributed by atoms with Crippen molar-refractivity contribution >= 4 is 12.0 Å². The first kappa shape index (κ1) is 13.6. The van der Waals surface area contributed by atoms with Gasteiger partial charge >= 0.3 is 5.69 Å². The quantitative estimate of drug-likeness (QED) is 0.488. The third-order valence-electron chi connectivity index (χ3n) is 2.38. The fourth-order valence-electron chi connectivity index (χ4n) is 1.55. The lowest BCUT2D eigenvalue weighted by Crippen LogP contribution is -1.95. The molecule has 0 atom stereocenters. The van der Waals surface area contributed by atoms with Gasteiger partial charge in [0.05, 0.1) is 4.92 Å². The third kappa shape index (κ3) is 2.94. The number of nitrogens with zero attached hydrogens (tertiary/aromatic N) is 1. The molecular weight excluding hydrogens is 272 g/mol. The van der Waals surface area contributed by atoms with Gasteiger partial charge in [-0.2, -0.15) is 0 Å². The van der Waals surface area contributed by atoms with E-state index in [0.29, 0.717) is 12.4 Å². The van der Waals surface area contributed by atoms with E-state index < -0.39 is 22.2 Å². The van der Waals surface area contributed by atoms with Gasteiger partial charge in [0.2, 0.25) is 5.75 Å². The van der Waals surface area contributed by atoms with Crippen molar-refractivity contribution in [1.82, 2.24) is 0 Å². The normalized spacial score (nSPS) is 10.1. The molecule has 0 saturated carbocycles. The number of rotatable bonds is 4. The monoisotopic (exact) mass is 279 g/mol. The first-order chi connectivity index (χ1) is 9.49. The summed E-state index contributed by atoms with van der Waals surface area (Å²) in [5.41, 5.74) is -0.381. The van der Waals surface area contributed by atoms with Gasteiger partial charge in [0.15, 0.2) is 0 Å². The maximum Gasteiger partial charge on any atom is 0.312 e. The second-order valence-corrected chi connectivity index (χ2v) is 3.81. The predicted octanol–water partition coefficient (Wildman–Crippen LogP) is 3.48. The molecule has 0 saturated heterocycles. The molecule has 2 aromatic carbocycles. The first-order valence-corrected chi connectivity index (χ1v) is 5.37. The molecule has 0 aliphatic heterocycles. The zero-order valence-corrected chi connectivity index (χ0v) is 9.88. The molecule has 2 aromatic rings. The van der Waals surface area contributed by atoms with Crippen LogP contribution in [0.2, 0.25) is 0 Å². The zero-order chi connectivity index (χ0) is 14.7. The van der Waals surface area contributed by atoms with Gasteiger partial charge in [-0.3, -0.25) is 14.9 Å². The second kappa shape index (κ2) is 5.43. The highest BCUT2D eigenvalue weighted by Crippen LogP contribution is 2.32. The Morgan fingerprint density at radius 1 is 1.10 bits per heavy atom. The molecule has 0 fully saturated rings. The van der Waals surface area contributed by atoms with Gasteiger partial charge in [0.1, 0.15) is 23.7 Å². The molecule has 2 rings (SSSR count). The standard InChI is InChI=1S/C13H7F2NO4/c14-9-4-10(15)6-11(5-9)20-13-2-1-8(7-17)3-12(13)16(18)19/h1-7H. The van der Waals surface area contributed by atoms with Crippen LogP contribution < -0.4 is 4.74 Å². The maximum absolute atomic E-state index is 13.0. The lowest BCUT2D eigenvalue weighted by atomic mass is 10.2. The molecule has 0 bridgehead atoms. The lowest BCUT2D eigenvalue weighted by Gasteiger charge is -2.07. The summed E-state index contributed by atoms with van der Waals surface area (Å²) in [6, 6.07) is 5.92. The Kier molecular flexibility index (Phi) is 3.69.